The van der Waals surface area contributed by atoms with Crippen molar-refractivity contribution in [3.8, 4) is 0 Å². The predicted molar refractivity (Wildman–Crippen MR) is 172 cm³/mol. The van der Waals surface area contributed by atoms with Gasteiger partial charge in [-0.1, -0.05) is 62.4 Å². The molecule has 46 heavy (non-hydrogen) atoms. The van der Waals surface area contributed by atoms with Crippen LogP contribution in [0.3, 0.4) is 0 Å². The first-order chi connectivity index (χ1) is 21.9. The average molecular weight is 633 g/mol. The van der Waals surface area contributed by atoms with Gasteiger partial charge in [0.05, 0.1) is 11.1 Å². The Morgan fingerprint density at radius 2 is 1.57 bits per heavy atom. The Morgan fingerprint density at radius 1 is 0.891 bits per heavy atom. The van der Waals surface area contributed by atoms with Crippen LogP contribution >= 0.6 is 0 Å². The van der Waals surface area contributed by atoms with E-state index >= 15 is 0 Å². The number of unbranched alkanes of at least 4 members (excludes halogenated alkanes) is 6. The van der Waals surface area contributed by atoms with Crippen molar-refractivity contribution in [3.05, 3.63) is 64.7 Å². The molecule has 5 amide bonds. The topological polar surface area (TPSA) is 151 Å². The number of anilines is 1. The van der Waals surface area contributed by atoms with Crippen LogP contribution in [0.4, 0.5) is 10.5 Å². The number of ether oxygens (including phenoxy) is 1. The first-order valence-corrected chi connectivity index (χ1v) is 16.1. The fourth-order valence-corrected chi connectivity index (χ4v) is 5.61. The molecule has 2 aliphatic heterocycles. The van der Waals surface area contributed by atoms with Crippen LogP contribution in [0.1, 0.15) is 122 Å². The van der Waals surface area contributed by atoms with Crippen LogP contribution < -0.4 is 16.0 Å². The van der Waals surface area contributed by atoms with Crippen LogP contribution in [0.25, 0.3) is 0 Å². The van der Waals surface area contributed by atoms with Gasteiger partial charge in [0.2, 0.25) is 11.8 Å². The lowest BCUT2D eigenvalue weighted by atomic mass is 10.0. The molecule has 0 spiro atoms. The number of hydrogen-bond acceptors (Lipinski definition) is 8. The van der Waals surface area contributed by atoms with E-state index in [1.807, 2.05) is 32.9 Å². The molecule has 2 heterocycles. The third kappa shape index (κ3) is 9.24. The Morgan fingerprint density at radius 3 is 2.24 bits per heavy atom. The molecule has 4 rings (SSSR count). The molecule has 0 bridgehead atoms. The molecule has 1 saturated heterocycles. The number of piperidine rings is 1. The number of nitrogens with zero attached hydrogens (tertiary/aromatic N) is 1. The molecular formula is C35H44N4O7. The monoisotopic (exact) mass is 632 g/mol. The van der Waals surface area contributed by atoms with E-state index < -0.39 is 35.3 Å². The number of fused-ring (bicyclic) bond motifs is 1. The zero-order valence-corrected chi connectivity index (χ0v) is 26.9. The van der Waals surface area contributed by atoms with Crippen molar-refractivity contribution in [2.75, 3.05) is 11.9 Å². The molecule has 1 atom stereocenters. The van der Waals surface area contributed by atoms with Gasteiger partial charge in [-0.25, -0.2) is 4.79 Å². The minimum absolute atomic E-state index is 0.0621. The summed E-state index contributed by atoms with van der Waals surface area (Å²) in [7, 11) is 0. The van der Waals surface area contributed by atoms with Crippen LogP contribution in [0.2, 0.25) is 0 Å². The third-order valence-electron chi connectivity index (χ3n) is 7.98. The quantitative estimate of drug-likeness (QED) is 0.132. The van der Waals surface area contributed by atoms with E-state index in [-0.39, 0.29) is 35.8 Å². The Bertz CT molecular complexity index is 1460. The van der Waals surface area contributed by atoms with Gasteiger partial charge >= 0.3 is 6.09 Å². The fourth-order valence-electron chi connectivity index (χ4n) is 5.61. The molecule has 0 aromatic heterocycles. The summed E-state index contributed by atoms with van der Waals surface area (Å²) in [5.74, 6) is -2.07. The number of benzene rings is 2. The van der Waals surface area contributed by atoms with Crippen molar-refractivity contribution < 1.29 is 33.5 Å². The maximum Gasteiger partial charge on any atom is 0.407 e. The summed E-state index contributed by atoms with van der Waals surface area (Å²) in [5, 5.41) is 8.20. The van der Waals surface area contributed by atoms with Gasteiger partial charge in [0.25, 0.3) is 11.8 Å². The Kier molecular flexibility index (Phi) is 11.7. The summed E-state index contributed by atoms with van der Waals surface area (Å²) in [6, 6.07) is 11.3. The predicted octanol–water partition coefficient (Wildman–Crippen LogP) is 5.53. The van der Waals surface area contributed by atoms with Crippen molar-refractivity contribution in [2.45, 2.75) is 103 Å². The lowest BCUT2D eigenvalue weighted by molar-refractivity contribution is -0.136. The molecule has 11 heteroatoms. The fraction of sp³-hybridized carbons (Fsp3) is 0.486. The number of nitrogens with one attached hydrogen (secondary N) is 3. The summed E-state index contributed by atoms with van der Waals surface area (Å²) >= 11 is 0. The number of amides is 5. The van der Waals surface area contributed by atoms with Crippen molar-refractivity contribution in [1.29, 1.82) is 0 Å². The smallest absolute Gasteiger partial charge is 0.407 e. The number of alkyl carbamates (subject to hydrolysis) is 1. The van der Waals surface area contributed by atoms with Gasteiger partial charge in [-0.05, 0) is 57.7 Å². The SMILES string of the molecule is CC(C)(C)OC(=O)NCCCCCCCCCC(=O)c1ccc(CNc2cccc3c2C(=O)N(C2CCC(=O)NC2=O)C3=O)cc1. The largest absolute Gasteiger partial charge is 0.444 e. The highest BCUT2D eigenvalue weighted by molar-refractivity contribution is 6.25. The average Bonchev–Trinajstić information content (AvgIpc) is 3.26. The molecule has 2 aliphatic rings. The van der Waals surface area contributed by atoms with Crippen molar-refractivity contribution in [3.63, 3.8) is 0 Å². The van der Waals surface area contributed by atoms with Crippen LogP contribution in [-0.2, 0) is 20.9 Å². The number of imide groups is 2. The maximum atomic E-state index is 13.3. The van der Waals surface area contributed by atoms with E-state index in [4.69, 9.17) is 4.74 Å². The zero-order valence-electron chi connectivity index (χ0n) is 26.9. The second kappa shape index (κ2) is 15.6. The van der Waals surface area contributed by atoms with Gasteiger partial charge in [0.1, 0.15) is 11.6 Å². The van der Waals surface area contributed by atoms with Gasteiger partial charge < -0.3 is 15.4 Å². The van der Waals surface area contributed by atoms with Gasteiger partial charge in [-0.3, -0.25) is 34.2 Å². The highest BCUT2D eigenvalue weighted by atomic mass is 16.6. The van der Waals surface area contributed by atoms with E-state index in [2.05, 4.69) is 16.0 Å². The van der Waals surface area contributed by atoms with E-state index in [0.717, 1.165) is 55.4 Å². The highest BCUT2D eigenvalue weighted by Gasteiger charge is 2.45. The summed E-state index contributed by atoms with van der Waals surface area (Å²) in [4.78, 5) is 75.5. The summed E-state index contributed by atoms with van der Waals surface area (Å²) in [6.45, 7) is 6.49. The van der Waals surface area contributed by atoms with Crippen molar-refractivity contribution in [2.24, 2.45) is 0 Å². The Balaban J connectivity index is 1.16. The first kappa shape index (κ1) is 34.3. The van der Waals surface area contributed by atoms with Crippen molar-refractivity contribution >= 4 is 41.2 Å². The molecule has 1 unspecified atom stereocenters. The van der Waals surface area contributed by atoms with Gasteiger partial charge in [0.15, 0.2) is 5.78 Å². The minimum Gasteiger partial charge on any atom is -0.444 e. The van der Waals surface area contributed by atoms with E-state index in [9.17, 15) is 28.8 Å². The normalized spacial score (nSPS) is 16.2. The van der Waals surface area contributed by atoms with Crippen LogP contribution in [-0.4, -0.2) is 58.6 Å². The molecule has 2 aromatic carbocycles. The van der Waals surface area contributed by atoms with Crippen molar-refractivity contribution in [1.82, 2.24) is 15.5 Å². The molecule has 2 aromatic rings. The number of hydrogen-bond donors (Lipinski definition) is 3. The minimum atomic E-state index is -1.02. The molecule has 0 radical (unpaired) electrons. The summed E-state index contributed by atoms with van der Waals surface area (Å²) in [5.41, 5.74) is 1.96. The highest BCUT2D eigenvalue weighted by Crippen LogP contribution is 2.32. The van der Waals surface area contributed by atoms with Gasteiger partial charge in [-0.2, -0.15) is 0 Å². The number of Topliss-reactive ketones (excluding diaryl/α,β-unsaturated/α-hetero) is 1. The molecule has 246 valence electrons. The number of carbonyl (C=O) groups excluding carboxylic acids is 6. The molecular weight excluding hydrogens is 588 g/mol. The van der Waals surface area contributed by atoms with Crippen LogP contribution in [0, 0.1) is 0 Å². The third-order valence-corrected chi connectivity index (χ3v) is 7.98. The number of ketones is 1. The molecule has 1 fully saturated rings. The molecule has 0 aliphatic carbocycles. The van der Waals surface area contributed by atoms with E-state index in [1.54, 1.807) is 30.3 Å². The Hall–Kier alpha value is -4.54. The molecule has 0 saturated carbocycles. The second-order valence-corrected chi connectivity index (χ2v) is 12.8. The maximum absolute atomic E-state index is 13.3. The van der Waals surface area contributed by atoms with E-state index in [1.165, 1.54) is 0 Å². The molecule has 11 nitrogen and oxygen atoms in total. The Labute approximate surface area is 269 Å². The lowest BCUT2D eigenvalue weighted by Gasteiger charge is -2.27. The van der Waals surface area contributed by atoms with Gasteiger partial charge in [0, 0.05) is 37.2 Å². The number of carbonyl (C=O) groups is 6. The molecule has 3 N–H and O–H groups in total. The van der Waals surface area contributed by atoms with Crippen LogP contribution in [0.15, 0.2) is 42.5 Å². The number of rotatable bonds is 15. The van der Waals surface area contributed by atoms with Crippen LogP contribution in [0.5, 0.6) is 0 Å². The van der Waals surface area contributed by atoms with Gasteiger partial charge in [-0.15, -0.1) is 0 Å². The summed E-state index contributed by atoms with van der Waals surface area (Å²) < 4.78 is 5.22. The first-order valence-electron chi connectivity index (χ1n) is 16.1. The standard InChI is InChI=1S/C35H44N4O7/c1-35(2,3)46-34(45)36-21-10-8-6-4-5-7-9-14-28(40)24-17-15-23(16-18-24)22-37-26-13-11-12-25-30(26)33(44)39(32(25)43)27-19-20-29(41)38-31(27)42/h11-13,15-18,27,37H,4-10,14,19-22H2,1-3H3,(H,36,45)(H,38,41,42). The second-order valence-electron chi connectivity index (χ2n) is 12.8. The zero-order chi connectivity index (χ0) is 33.3. The lowest BCUT2D eigenvalue weighted by Crippen LogP contribution is -2.54. The summed E-state index contributed by atoms with van der Waals surface area (Å²) in [6.07, 6.45) is 7.32. The van der Waals surface area contributed by atoms with E-state index in [0.29, 0.717) is 30.8 Å².